The van der Waals surface area contributed by atoms with E-state index in [2.05, 4.69) is 10.6 Å². The first kappa shape index (κ1) is 13.2. The summed E-state index contributed by atoms with van der Waals surface area (Å²) < 4.78 is 4.77. The van der Waals surface area contributed by atoms with Gasteiger partial charge in [-0.25, -0.2) is 0 Å². The number of amides is 2. The van der Waals surface area contributed by atoms with Crippen molar-refractivity contribution in [1.29, 1.82) is 0 Å². The molecule has 1 saturated heterocycles. The highest BCUT2D eigenvalue weighted by molar-refractivity contribution is 6.43. The molecule has 0 saturated carbocycles. The molecule has 1 atom stereocenters. The van der Waals surface area contributed by atoms with Gasteiger partial charge in [-0.3, -0.25) is 14.4 Å². The standard InChI is InChI=1S/C13H14N2O4/c1-7-4-3-5-8(12(17)14-2)10(7)15-13(18)11(16)9-6-19-9/h3-5,9H,6H2,1-2H3,(H,14,17)(H,15,18). The highest BCUT2D eigenvalue weighted by Crippen LogP contribution is 2.21. The van der Waals surface area contributed by atoms with Gasteiger partial charge in [-0.05, 0) is 18.6 Å². The van der Waals surface area contributed by atoms with Gasteiger partial charge in [0.2, 0.25) is 0 Å². The summed E-state index contributed by atoms with van der Waals surface area (Å²) in [5.41, 5.74) is 1.38. The predicted octanol–water partition coefficient (Wildman–Crippen LogP) is 0.261. The summed E-state index contributed by atoms with van der Waals surface area (Å²) in [6.45, 7) is 2.03. The second-order valence-corrected chi connectivity index (χ2v) is 4.22. The smallest absolute Gasteiger partial charge is 0.294 e. The molecule has 6 nitrogen and oxygen atoms in total. The van der Waals surface area contributed by atoms with Gasteiger partial charge in [0.25, 0.3) is 17.6 Å². The topological polar surface area (TPSA) is 87.8 Å². The lowest BCUT2D eigenvalue weighted by Gasteiger charge is -2.12. The first-order chi connectivity index (χ1) is 9.04. The van der Waals surface area contributed by atoms with E-state index in [-0.39, 0.29) is 12.5 Å². The third kappa shape index (κ3) is 2.79. The van der Waals surface area contributed by atoms with Crippen LogP contribution in [0.15, 0.2) is 18.2 Å². The Balaban J connectivity index is 2.25. The van der Waals surface area contributed by atoms with E-state index in [1.165, 1.54) is 7.05 Å². The molecule has 0 bridgehead atoms. The molecule has 1 aliphatic rings. The van der Waals surface area contributed by atoms with Crippen LogP contribution in [0.2, 0.25) is 0 Å². The van der Waals surface area contributed by atoms with E-state index in [4.69, 9.17) is 4.74 Å². The van der Waals surface area contributed by atoms with E-state index >= 15 is 0 Å². The molecule has 1 fully saturated rings. The average Bonchev–Trinajstić information content (AvgIpc) is 3.23. The summed E-state index contributed by atoms with van der Waals surface area (Å²) in [5, 5.41) is 4.97. The molecule has 1 aliphatic heterocycles. The number of anilines is 1. The van der Waals surface area contributed by atoms with E-state index < -0.39 is 17.8 Å². The summed E-state index contributed by atoms with van der Waals surface area (Å²) in [5.74, 6) is -1.71. The van der Waals surface area contributed by atoms with Gasteiger partial charge in [-0.15, -0.1) is 0 Å². The Morgan fingerprint density at radius 3 is 2.58 bits per heavy atom. The van der Waals surface area contributed by atoms with Crippen molar-refractivity contribution in [2.24, 2.45) is 0 Å². The van der Waals surface area contributed by atoms with Crippen LogP contribution >= 0.6 is 0 Å². The van der Waals surface area contributed by atoms with Gasteiger partial charge in [0.05, 0.1) is 17.9 Å². The largest absolute Gasteiger partial charge is 0.364 e. The van der Waals surface area contributed by atoms with Gasteiger partial charge in [-0.2, -0.15) is 0 Å². The zero-order valence-electron chi connectivity index (χ0n) is 10.6. The molecule has 0 radical (unpaired) electrons. The number of carbonyl (C=O) groups excluding carboxylic acids is 3. The van der Waals surface area contributed by atoms with Gasteiger partial charge >= 0.3 is 0 Å². The van der Waals surface area contributed by atoms with Crippen LogP contribution in [-0.4, -0.2) is 37.4 Å². The average molecular weight is 262 g/mol. The van der Waals surface area contributed by atoms with E-state index in [0.717, 1.165) is 0 Å². The lowest BCUT2D eigenvalue weighted by molar-refractivity contribution is -0.135. The number of aryl methyl sites for hydroxylation is 1. The van der Waals surface area contributed by atoms with Crippen molar-refractivity contribution in [3.8, 4) is 0 Å². The Bertz CT molecular complexity index is 550. The molecule has 0 aromatic heterocycles. The Morgan fingerprint density at radius 1 is 1.32 bits per heavy atom. The molecular weight excluding hydrogens is 248 g/mol. The number of ether oxygens (including phenoxy) is 1. The second-order valence-electron chi connectivity index (χ2n) is 4.22. The molecule has 0 spiro atoms. The van der Waals surface area contributed by atoms with E-state index in [9.17, 15) is 14.4 Å². The minimum Gasteiger partial charge on any atom is -0.364 e. The molecule has 2 rings (SSSR count). The third-order valence-electron chi connectivity index (χ3n) is 2.83. The van der Waals surface area contributed by atoms with Gasteiger partial charge < -0.3 is 15.4 Å². The maximum atomic E-state index is 11.7. The maximum absolute atomic E-state index is 11.7. The lowest BCUT2D eigenvalue weighted by atomic mass is 10.1. The SMILES string of the molecule is CNC(=O)c1cccc(C)c1NC(=O)C(=O)C1CO1. The van der Waals surface area contributed by atoms with Crippen molar-refractivity contribution < 1.29 is 19.1 Å². The number of para-hydroxylation sites is 1. The molecule has 1 aromatic rings. The van der Waals surface area contributed by atoms with Crippen LogP contribution in [0.4, 0.5) is 5.69 Å². The fourth-order valence-electron chi connectivity index (χ4n) is 1.68. The predicted molar refractivity (Wildman–Crippen MR) is 67.9 cm³/mol. The fourth-order valence-corrected chi connectivity index (χ4v) is 1.68. The Labute approximate surface area is 110 Å². The van der Waals surface area contributed by atoms with E-state index in [0.29, 0.717) is 16.8 Å². The summed E-state index contributed by atoms with van der Waals surface area (Å²) in [6, 6.07) is 5.04. The monoisotopic (exact) mass is 262 g/mol. The number of Topliss-reactive ketones (excluding diaryl/α,β-unsaturated/α-hetero) is 1. The first-order valence-electron chi connectivity index (χ1n) is 5.83. The first-order valence-corrected chi connectivity index (χ1v) is 5.83. The molecule has 2 amide bonds. The Kier molecular flexibility index (Phi) is 3.62. The Hall–Kier alpha value is -2.21. The summed E-state index contributed by atoms with van der Waals surface area (Å²) >= 11 is 0. The minimum atomic E-state index is -0.762. The highest BCUT2D eigenvalue weighted by atomic mass is 16.6. The molecule has 6 heteroatoms. The minimum absolute atomic E-state index is 0.280. The van der Waals surface area contributed by atoms with Crippen LogP contribution in [0.3, 0.4) is 0 Å². The maximum Gasteiger partial charge on any atom is 0.294 e. The summed E-state index contributed by atoms with van der Waals surface area (Å²) in [4.78, 5) is 35.0. The molecule has 100 valence electrons. The molecule has 1 aromatic carbocycles. The quantitative estimate of drug-likeness (QED) is 0.602. The van der Waals surface area contributed by atoms with Crippen molar-refractivity contribution in [3.05, 3.63) is 29.3 Å². The van der Waals surface area contributed by atoms with Crippen LogP contribution in [0.1, 0.15) is 15.9 Å². The van der Waals surface area contributed by atoms with Gasteiger partial charge in [0, 0.05) is 7.05 Å². The molecule has 19 heavy (non-hydrogen) atoms. The zero-order valence-corrected chi connectivity index (χ0v) is 10.6. The highest BCUT2D eigenvalue weighted by Gasteiger charge is 2.36. The van der Waals surface area contributed by atoms with Crippen LogP contribution in [-0.2, 0) is 14.3 Å². The van der Waals surface area contributed by atoms with Crippen LogP contribution in [0.5, 0.6) is 0 Å². The van der Waals surface area contributed by atoms with Crippen molar-refractivity contribution in [2.75, 3.05) is 19.0 Å². The van der Waals surface area contributed by atoms with Crippen molar-refractivity contribution >= 4 is 23.3 Å². The van der Waals surface area contributed by atoms with Gasteiger partial charge in [-0.1, -0.05) is 12.1 Å². The number of ketones is 1. The van der Waals surface area contributed by atoms with E-state index in [1.807, 2.05) is 0 Å². The lowest BCUT2D eigenvalue weighted by Crippen LogP contribution is -2.29. The Morgan fingerprint density at radius 2 is 2.00 bits per heavy atom. The van der Waals surface area contributed by atoms with Crippen molar-refractivity contribution in [2.45, 2.75) is 13.0 Å². The summed E-state index contributed by atoms with van der Waals surface area (Å²) in [6.07, 6.45) is -0.632. The van der Waals surface area contributed by atoms with Crippen LogP contribution < -0.4 is 10.6 Å². The van der Waals surface area contributed by atoms with Crippen LogP contribution in [0.25, 0.3) is 0 Å². The number of benzene rings is 1. The number of carbonyl (C=O) groups is 3. The number of nitrogens with one attached hydrogen (secondary N) is 2. The second kappa shape index (κ2) is 5.19. The fraction of sp³-hybridized carbons (Fsp3) is 0.308. The number of epoxide rings is 1. The van der Waals surface area contributed by atoms with E-state index in [1.54, 1.807) is 25.1 Å². The van der Waals surface area contributed by atoms with Gasteiger partial charge in [0.1, 0.15) is 6.10 Å². The van der Waals surface area contributed by atoms with Crippen molar-refractivity contribution in [1.82, 2.24) is 5.32 Å². The molecule has 0 aliphatic carbocycles. The molecule has 1 unspecified atom stereocenters. The van der Waals surface area contributed by atoms with Crippen molar-refractivity contribution in [3.63, 3.8) is 0 Å². The molecule has 1 heterocycles. The molecule has 2 N–H and O–H groups in total. The molecular formula is C13H14N2O4. The number of hydrogen-bond acceptors (Lipinski definition) is 4. The number of rotatable bonds is 4. The normalized spacial score (nSPS) is 16.6. The summed E-state index contributed by atoms with van der Waals surface area (Å²) in [7, 11) is 1.50. The third-order valence-corrected chi connectivity index (χ3v) is 2.83. The number of hydrogen-bond donors (Lipinski definition) is 2. The van der Waals surface area contributed by atoms with Gasteiger partial charge in [0.15, 0.2) is 0 Å². The van der Waals surface area contributed by atoms with Crippen LogP contribution in [0, 0.1) is 6.92 Å². The zero-order chi connectivity index (χ0) is 14.0.